The number of guanidine groups is 1. The molecule has 1 N–H and O–H groups in total. The van der Waals surface area contributed by atoms with Crippen molar-refractivity contribution in [2.45, 2.75) is 38.1 Å². The molecule has 4 rings (SSSR count). The van der Waals surface area contributed by atoms with E-state index in [1.165, 1.54) is 0 Å². The van der Waals surface area contributed by atoms with Crippen LogP contribution >= 0.6 is 0 Å². The molecule has 7 heteroatoms. The lowest BCUT2D eigenvalue weighted by Crippen LogP contribution is -2.61. The van der Waals surface area contributed by atoms with Crippen LogP contribution in [0.3, 0.4) is 0 Å². The Hall–Kier alpha value is -2.62. The summed E-state index contributed by atoms with van der Waals surface area (Å²) in [6, 6.07) is 8.16. The zero-order valence-electron chi connectivity index (χ0n) is 15.8. The largest absolute Gasteiger partial charge is 0.353 e. The van der Waals surface area contributed by atoms with E-state index in [-0.39, 0.29) is 5.91 Å². The quantitative estimate of drug-likeness (QED) is 0.819. The minimum absolute atomic E-state index is 0.191. The average Bonchev–Trinajstić information content (AvgIpc) is 2.71. The van der Waals surface area contributed by atoms with Crippen molar-refractivity contribution < 1.29 is 4.79 Å². The highest BCUT2D eigenvalue weighted by molar-refractivity contribution is 6.02. The predicted molar refractivity (Wildman–Crippen MR) is 103 cm³/mol. The van der Waals surface area contributed by atoms with Crippen LogP contribution in [0, 0.1) is 23.2 Å². The monoisotopic (exact) mass is 366 g/mol. The molecule has 2 aliphatic heterocycles. The topological polar surface area (TPSA) is 84.6 Å². The van der Waals surface area contributed by atoms with Crippen LogP contribution in [-0.2, 0) is 4.79 Å². The zero-order valence-corrected chi connectivity index (χ0v) is 15.8. The summed E-state index contributed by atoms with van der Waals surface area (Å²) in [5.74, 6) is 1.41. The highest BCUT2D eigenvalue weighted by Crippen LogP contribution is 2.41. The number of carbonyl (C=O) groups excluding carboxylic acids is 1. The van der Waals surface area contributed by atoms with E-state index >= 15 is 0 Å². The summed E-state index contributed by atoms with van der Waals surface area (Å²) < 4.78 is 0. The Morgan fingerprint density at radius 2 is 1.89 bits per heavy atom. The molecular weight excluding hydrogens is 340 g/mol. The molecule has 1 aromatic rings. The van der Waals surface area contributed by atoms with Gasteiger partial charge < -0.3 is 9.80 Å². The molecule has 2 fully saturated rings. The van der Waals surface area contributed by atoms with Gasteiger partial charge in [0.2, 0.25) is 11.9 Å². The SMILES string of the molecule is CC1CCC2(CC1)N=C(N1CCN(c3ccccn3)CC1)NC(=O)C2C#N. The molecule has 27 heavy (non-hydrogen) atoms. The van der Waals surface area contributed by atoms with Gasteiger partial charge in [0, 0.05) is 32.4 Å². The number of pyridine rings is 1. The van der Waals surface area contributed by atoms with Gasteiger partial charge in [0.1, 0.15) is 5.82 Å². The lowest BCUT2D eigenvalue weighted by Gasteiger charge is -2.44. The number of aromatic nitrogens is 1. The van der Waals surface area contributed by atoms with Gasteiger partial charge in [0.25, 0.3) is 0 Å². The highest BCUT2D eigenvalue weighted by Gasteiger charge is 2.49. The van der Waals surface area contributed by atoms with Crippen LogP contribution in [0.4, 0.5) is 5.82 Å². The van der Waals surface area contributed by atoms with Gasteiger partial charge in [-0.1, -0.05) is 13.0 Å². The first-order valence-electron chi connectivity index (χ1n) is 9.82. The van der Waals surface area contributed by atoms with Crippen molar-refractivity contribution in [3.8, 4) is 6.07 Å². The number of amides is 1. The first-order chi connectivity index (χ1) is 13.1. The summed E-state index contributed by atoms with van der Waals surface area (Å²) >= 11 is 0. The van der Waals surface area contributed by atoms with Crippen LogP contribution < -0.4 is 10.2 Å². The van der Waals surface area contributed by atoms with Gasteiger partial charge in [0.05, 0.1) is 11.6 Å². The molecule has 0 bridgehead atoms. The van der Waals surface area contributed by atoms with E-state index < -0.39 is 11.5 Å². The Kier molecular flexibility index (Phi) is 4.73. The number of rotatable bonds is 1. The summed E-state index contributed by atoms with van der Waals surface area (Å²) in [4.78, 5) is 26.5. The van der Waals surface area contributed by atoms with Crippen LogP contribution in [0.1, 0.15) is 32.6 Å². The van der Waals surface area contributed by atoms with E-state index in [4.69, 9.17) is 4.99 Å². The maximum Gasteiger partial charge on any atom is 0.246 e. The zero-order chi connectivity index (χ0) is 18.9. The second kappa shape index (κ2) is 7.18. The van der Waals surface area contributed by atoms with Gasteiger partial charge >= 0.3 is 0 Å². The van der Waals surface area contributed by atoms with Gasteiger partial charge in [-0.2, -0.15) is 5.26 Å². The van der Waals surface area contributed by atoms with Crippen LogP contribution in [0.25, 0.3) is 0 Å². The molecule has 1 unspecified atom stereocenters. The second-order valence-electron chi connectivity index (χ2n) is 7.93. The van der Waals surface area contributed by atoms with Crippen molar-refractivity contribution in [3.05, 3.63) is 24.4 Å². The van der Waals surface area contributed by atoms with E-state index in [1.807, 2.05) is 24.4 Å². The normalized spacial score (nSPS) is 31.3. The number of piperazine rings is 1. The van der Waals surface area contributed by atoms with E-state index in [1.54, 1.807) is 0 Å². The molecule has 142 valence electrons. The molecular formula is C20H26N6O. The number of nitrogens with zero attached hydrogens (tertiary/aromatic N) is 5. The Morgan fingerprint density at radius 3 is 2.52 bits per heavy atom. The van der Waals surface area contributed by atoms with Crippen LogP contribution in [0.5, 0.6) is 0 Å². The molecule has 1 saturated heterocycles. The summed E-state index contributed by atoms with van der Waals surface area (Å²) in [5, 5.41) is 12.5. The molecule has 0 aromatic carbocycles. The van der Waals surface area contributed by atoms with Crippen molar-refractivity contribution in [1.82, 2.24) is 15.2 Å². The molecule has 1 amide bonds. The van der Waals surface area contributed by atoms with Crippen molar-refractivity contribution in [2.24, 2.45) is 16.8 Å². The fraction of sp³-hybridized carbons (Fsp3) is 0.600. The fourth-order valence-electron chi connectivity index (χ4n) is 4.41. The van der Waals surface area contributed by atoms with E-state index in [2.05, 4.69) is 33.1 Å². The standard InChI is InChI=1S/C20H26N6O/c1-15-5-7-20(8-6-15)16(14-21)18(27)23-19(24-20)26-12-10-25(11-13-26)17-4-2-3-9-22-17/h2-4,9,15-16H,5-8,10-13H2,1H3,(H,23,24,27). The van der Waals surface area contributed by atoms with Gasteiger partial charge in [-0.05, 0) is 43.7 Å². The number of carbonyl (C=O) groups is 1. The minimum atomic E-state index is -0.677. The number of hydrogen-bond donors (Lipinski definition) is 1. The fourth-order valence-corrected chi connectivity index (χ4v) is 4.41. The maximum absolute atomic E-state index is 12.7. The number of nitriles is 1. The number of hydrogen-bond acceptors (Lipinski definition) is 6. The van der Waals surface area contributed by atoms with Gasteiger partial charge in [-0.25, -0.2) is 9.98 Å². The van der Waals surface area contributed by atoms with Crippen LogP contribution in [0.2, 0.25) is 0 Å². The third-order valence-electron chi connectivity index (χ3n) is 6.18. The van der Waals surface area contributed by atoms with Crippen molar-refractivity contribution >= 4 is 17.7 Å². The molecule has 3 heterocycles. The summed E-state index contributed by atoms with van der Waals surface area (Å²) in [7, 11) is 0. The van der Waals surface area contributed by atoms with Crippen LogP contribution in [0.15, 0.2) is 29.4 Å². The van der Waals surface area contributed by atoms with Gasteiger partial charge in [0.15, 0.2) is 5.92 Å². The Bertz CT molecular complexity index is 754. The third-order valence-corrected chi connectivity index (χ3v) is 6.18. The van der Waals surface area contributed by atoms with E-state index in [0.29, 0.717) is 11.9 Å². The van der Waals surface area contributed by atoms with Crippen molar-refractivity contribution in [1.29, 1.82) is 5.26 Å². The molecule has 1 atom stereocenters. The molecule has 1 saturated carbocycles. The van der Waals surface area contributed by atoms with Gasteiger partial charge in [-0.3, -0.25) is 10.1 Å². The molecule has 7 nitrogen and oxygen atoms in total. The van der Waals surface area contributed by atoms with E-state index in [9.17, 15) is 10.1 Å². The Morgan fingerprint density at radius 1 is 1.19 bits per heavy atom. The average molecular weight is 366 g/mol. The van der Waals surface area contributed by atoms with Crippen LogP contribution in [-0.4, -0.2) is 53.5 Å². The molecule has 0 radical (unpaired) electrons. The number of nitrogens with one attached hydrogen (secondary N) is 1. The van der Waals surface area contributed by atoms with Gasteiger partial charge in [-0.15, -0.1) is 0 Å². The van der Waals surface area contributed by atoms with Crippen molar-refractivity contribution in [2.75, 3.05) is 31.1 Å². The minimum Gasteiger partial charge on any atom is -0.353 e. The van der Waals surface area contributed by atoms with Crippen molar-refractivity contribution in [3.63, 3.8) is 0 Å². The first-order valence-corrected chi connectivity index (χ1v) is 9.82. The number of aliphatic imine (C=N–C) groups is 1. The summed E-state index contributed by atoms with van der Waals surface area (Å²) in [6.07, 6.45) is 5.49. The highest BCUT2D eigenvalue weighted by atomic mass is 16.2. The predicted octanol–water partition coefficient (Wildman–Crippen LogP) is 1.78. The molecule has 1 aromatic heterocycles. The Balaban J connectivity index is 1.51. The lowest BCUT2D eigenvalue weighted by atomic mass is 9.70. The number of anilines is 1. The van der Waals surface area contributed by atoms with E-state index in [0.717, 1.165) is 57.7 Å². The lowest BCUT2D eigenvalue weighted by molar-refractivity contribution is -0.125. The summed E-state index contributed by atoms with van der Waals surface area (Å²) in [5.41, 5.74) is -0.545. The second-order valence-corrected chi connectivity index (χ2v) is 7.93. The molecule has 1 aliphatic carbocycles. The summed E-state index contributed by atoms with van der Waals surface area (Å²) in [6.45, 7) is 5.45. The molecule has 1 spiro atoms. The third kappa shape index (κ3) is 3.36. The first kappa shape index (κ1) is 17.8. The Labute approximate surface area is 160 Å². The maximum atomic E-state index is 12.7. The molecule has 3 aliphatic rings. The smallest absolute Gasteiger partial charge is 0.246 e.